The number of benzene rings is 2. The van der Waals surface area contributed by atoms with Gasteiger partial charge in [-0.05, 0) is 98.7 Å². The van der Waals surface area contributed by atoms with Gasteiger partial charge in [0, 0.05) is 31.2 Å². The summed E-state index contributed by atoms with van der Waals surface area (Å²) < 4.78 is 94.2. The molecule has 1 aliphatic heterocycles. The lowest BCUT2D eigenvalue weighted by atomic mass is 9.89. The van der Waals surface area contributed by atoms with Gasteiger partial charge in [-0.1, -0.05) is 19.4 Å². The van der Waals surface area contributed by atoms with Gasteiger partial charge in [-0.2, -0.15) is 26.3 Å². The van der Waals surface area contributed by atoms with Crippen LogP contribution in [0.1, 0.15) is 95.6 Å². The molecule has 4 rings (SSSR count). The third-order valence-corrected chi connectivity index (χ3v) is 8.45. The van der Waals surface area contributed by atoms with Gasteiger partial charge in [0.1, 0.15) is 11.5 Å². The Morgan fingerprint density at radius 2 is 1.67 bits per heavy atom. The fraction of sp³-hybridized carbons (Fsp3) is 0.444. The van der Waals surface area contributed by atoms with Crippen LogP contribution in [-0.4, -0.2) is 52.4 Å². The molecule has 2 heterocycles. The van der Waals surface area contributed by atoms with E-state index in [9.17, 15) is 45.1 Å². The third-order valence-electron chi connectivity index (χ3n) is 8.45. The predicted molar refractivity (Wildman–Crippen MR) is 176 cm³/mol. The molecule has 0 saturated carbocycles. The van der Waals surface area contributed by atoms with Gasteiger partial charge in [0.15, 0.2) is 0 Å². The van der Waals surface area contributed by atoms with Gasteiger partial charge in [0.25, 0.3) is 5.91 Å². The van der Waals surface area contributed by atoms with Crippen LogP contribution in [0.4, 0.5) is 30.7 Å². The largest absolute Gasteiger partial charge is 0.481 e. The molecule has 3 aromatic rings. The number of alkyl halides is 6. The molecule has 1 atom stereocenters. The lowest BCUT2D eigenvalue weighted by molar-refractivity contribution is -0.140. The molecule has 0 spiro atoms. The number of nitrogens with zero attached hydrogens (tertiary/aromatic N) is 2. The molecule has 15 heteroatoms. The van der Waals surface area contributed by atoms with E-state index in [1.807, 2.05) is 11.4 Å². The normalized spacial score (nSPS) is 13.9. The van der Waals surface area contributed by atoms with E-state index < -0.39 is 53.3 Å². The highest BCUT2D eigenvalue weighted by Crippen LogP contribution is 2.41. The van der Waals surface area contributed by atoms with Crippen LogP contribution >= 0.6 is 0 Å². The van der Waals surface area contributed by atoms with Crippen molar-refractivity contribution in [2.24, 2.45) is 0 Å². The summed E-state index contributed by atoms with van der Waals surface area (Å²) in [4.78, 5) is 40.8. The average Bonchev–Trinajstić information content (AvgIpc) is 3.03. The zero-order valence-electron chi connectivity index (χ0n) is 28.9. The van der Waals surface area contributed by atoms with E-state index in [0.29, 0.717) is 17.8 Å². The zero-order chi connectivity index (χ0) is 38.3. The second-order valence-electron chi connectivity index (χ2n) is 12.6. The molecule has 1 aliphatic rings. The number of carboxylic acid groups (broad SMARTS) is 1. The van der Waals surface area contributed by atoms with Crippen molar-refractivity contribution in [3.05, 3.63) is 87.0 Å². The van der Waals surface area contributed by atoms with Gasteiger partial charge in [-0.15, -0.1) is 0 Å². The summed E-state index contributed by atoms with van der Waals surface area (Å²) in [7, 11) is 0. The number of nitrogens with one attached hydrogen (secondary N) is 2. The number of pyridine rings is 1. The van der Waals surface area contributed by atoms with Crippen LogP contribution in [0.15, 0.2) is 36.4 Å². The monoisotopic (exact) mass is 726 g/mol. The van der Waals surface area contributed by atoms with Gasteiger partial charge >= 0.3 is 18.3 Å². The molecule has 0 aliphatic carbocycles. The summed E-state index contributed by atoms with van der Waals surface area (Å²) in [5.74, 6) is -3.35. The van der Waals surface area contributed by atoms with Gasteiger partial charge in [0.2, 0.25) is 6.41 Å². The highest BCUT2D eigenvalue weighted by molar-refractivity contribution is 5.92. The number of hydrogen-bond acceptors (Lipinski definition) is 5. The number of carboxylic acids is 1. The number of unbranched alkanes of at least 4 members (excludes halogenated alkanes) is 1. The van der Waals surface area contributed by atoms with Crippen molar-refractivity contribution in [2.45, 2.75) is 91.3 Å². The Labute approximate surface area is 291 Å². The van der Waals surface area contributed by atoms with Crippen molar-refractivity contribution in [3.8, 4) is 11.1 Å². The van der Waals surface area contributed by atoms with Gasteiger partial charge in [0.05, 0.1) is 29.3 Å². The third kappa shape index (κ3) is 10.7. The number of aliphatic carboxylic acids is 1. The van der Waals surface area contributed by atoms with Crippen molar-refractivity contribution >= 4 is 18.3 Å². The summed E-state index contributed by atoms with van der Waals surface area (Å²) in [5.41, 5.74) is -0.899. The molecule has 1 aromatic heterocycles. The summed E-state index contributed by atoms with van der Waals surface area (Å²) in [6, 6.07) is 5.64. The van der Waals surface area contributed by atoms with Gasteiger partial charge < -0.3 is 15.7 Å². The first-order valence-corrected chi connectivity index (χ1v) is 16.3. The number of carbonyl (C=O) groups is 3. The molecule has 8 nitrogen and oxygen atoms in total. The summed E-state index contributed by atoms with van der Waals surface area (Å²) in [6.07, 6.45) is -7.64. The fourth-order valence-corrected chi connectivity index (χ4v) is 5.82. The summed E-state index contributed by atoms with van der Waals surface area (Å²) in [5, 5.41) is 13.9. The molecule has 2 aromatic carbocycles. The molecule has 51 heavy (non-hydrogen) atoms. The number of rotatable bonds is 11. The van der Waals surface area contributed by atoms with E-state index >= 15 is 0 Å². The first kappa shape index (κ1) is 40.9. The highest BCUT2D eigenvalue weighted by atomic mass is 19.4. The SMILES string of the molecule is CCCCNC(=O)c1ccc2c(n1)CN(C(C)C)CC2.Cc1cc(C(F)(F)F)cc(C)c1-c1cc(C(CC(=O)O)NC=O)c(F)c(C(F)(F)F)c1. The maximum absolute atomic E-state index is 14.7. The zero-order valence-corrected chi connectivity index (χ0v) is 28.9. The van der Waals surface area contributed by atoms with Crippen LogP contribution in [0.2, 0.25) is 0 Å². The van der Waals surface area contributed by atoms with E-state index in [0.717, 1.165) is 62.8 Å². The van der Waals surface area contributed by atoms with Crippen LogP contribution < -0.4 is 10.6 Å². The minimum atomic E-state index is -5.18. The number of hydrogen-bond donors (Lipinski definition) is 3. The Morgan fingerprint density at radius 1 is 1.02 bits per heavy atom. The Morgan fingerprint density at radius 3 is 2.20 bits per heavy atom. The smallest absolute Gasteiger partial charge is 0.419 e. The van der Waals surface area contributed by atoms with Crippen LogP contribution in [0.25, 0.3) is 11.1 Å². The maximum atomic E-state index is 14.7. The topological polar surface area (TPSA) is 112 Å². The standard InChI is InChI=1S/C20H16F7NO3.C16H25N3O/c1-9-3-12(19(22,23)24)4-10(2)17(9)11-5-13(15(28-8-29)7-16(30)31)18(21)14(6-11)20(25,26)27;1-4-5-9-17-16(20)14-7-6-13-8-10-19(12(2)3)11-15(13)18-14/h3-6,8,15H,7H2,1-2H3,(H,28,29)(H,30,31);6-7,12H,4-5,8-11H2,1-3H3,(H,17,20). The molecule has 0 saturated heterocycles. The van der Waals surface area contributed by atoms with E-state index in [4.69, 9.17) is 5.11 Å². The Balaban J connectivity index is 0.000000302. The number of carbonyl (C=O) groups excluding carboxylic acids is 2. The lowest BCUT2D eigenvalue weighted by Crippen LogP contribution is -2.37. The predicted octanol–water partition coefficient (Wildman–Crippen LogP) is 7.79. The fourth-order valence-electron chi connectivity index (χ4n) is 5.82. The van der Waals surface area contributed by atoms with Crippen molar-refractivity contribution in [1.29, 1.82) is 0 Å². The van der Waals surface area contributed by atoms with Crippen molar-refractivity contribution < 1.29 is 50.2 Å². The molecule has 1 unspecified atom stereocenters. The van der Waals surface area contributed by atoms with E-state index in [-0.39, 0.29) is 34.6 Å². The quantitative estimate of drug-likeness (QED) is 0.106. The maximum Gasteiger partial charge on any atom is 0.419 e. The van der Waals surface area contributed by atoms with E-state index in [1.165, 1.54) is 19.4 Å². The first-order chi connectivity index (χ1) is 23.8. The average molecular weight is 727 g/mol. The van der Waals surface area contributed by atoms with Crippen molar-refractivity contribution in [3.63, 3.8) is 0 Å². The van der Waals surface area contributed by atoms with Crippen molar-refractivity contribution in [1.82, 2.24) is 20.5 Å². The van der Waals surface area contributed by atoms with Crippen LogP contribution in [-0.2, 0) is 34.9 Å². The minimum Gasteiger partial charge on any atom is -0.481 e. The van der Waals surface area contributed by atoms with E-state index in [1.54, 1.807) is 0 Å². The van der Waals surface area contributed by atoms with Gasteiger partial charge in [-0.25, -0.2) is 9.37 Å². The van der Waals surface area contributed by atoms with E-state index in [2.05, 4.69) is 42.0 Å². The van der Waals surface area contributed by atoms with Crippen LogP contribution in [0.3, 0.4) is 0 Å². The Kier molecular flexibility index (Phi) is 13.7. The summed E-state index contributed by atoms with van der Waals surface area (Å²) >= 11 is 0. The Hall–Kier alpha value is -4.53. The van der Waals surface area contributed by atoms with Crippen LogP contribution in [0, 0.1) is 19.7 Å². The number of amides is 2. The molecule has 2 amide bonds. The Bertz CT molecular complexity index is 1700. The number of aromatic nitrogens is 1. The van der Waals surface area contributed by atoms with Crippen molar-refractivity contribution in [2.75, 3.05) is 13.1 Å². The molecule has 0 radical (unpaired) electrons. The molecule has 3 N–H and O–H groups in total. The number of fused-ring (bicyclic) bond motifs is 1. The molecular formula is C36H41F7N4O4. The summed E-state index contributed by atoms with van der Waals surface area (Å²) in [6.45, 7) is 11.7. The minimum absolute atomic E-state index is 0.0000666. The number of halogens is 7. The number of aryl methyl sites for hydroxylation is 2. The second-order valence-corrected chi connectivity index (χ2v) is 12.6. The molecular weight excluding hydrogens is 685 g/mol. The first-order valence-electron chi connectivity index (χ1n) is 16.3. The molecule has 278 valence electrons. The highest BCUT2D eigenvalue weighted by Gasteiger charge is 2.38. The van der Waals surface area contributed by atoms with Crippen LogP contribution in [0.5, 0.6) is 0 Å². The lowest BCUT2D eigenvalue weighted by Gasteiger charge is -2.31. The van der Waals surface area contributed by atoms with Gasteiger partial charge in [-0.3, -0.25) is 19.3 Å². The molecule has 0 bridgehead atoms. The second kappa shape index (κ2) is 17.1. The molecule has 0 fully saturated rings.